The van der Waals surface area contributed by atoms with Crippen LogP contribution in [-0.4, -0.2) is 66.5 Å². The molecule has 0 saturated heterocycles. The second-order valence-electron chi connectivity index (χ2n) is 8.82. The lowest BCUT2D eigenvalue weighted by atomic mass is 10.1. The Hall–Kier alpha value is -3.79. The molecule has 2 aromatic carbocycles. The molecule has 1 N–H and O–H groups in total. The van der Waals surface area contributed by atoms with Crippen molar-refractivity contribution >= 4 is 17.8 Å². The Kier molecular flexibility index (Phi) is 7.58. The molecule has 10 heteroatoms. The topological polar surface area (TPSA) is 121 Å². The number of carbonyl (C=O) groups excluding carboxylic acids is 3. The minimum absolute atomic E-state index is 0.0203. The Labute approximate surface area is 215 Å². The number of hydrogen-bond acceptors (Lipinski definition) is 9. The zero-order chi connectivity index (χ0) is 26.7. The third kappa shape index (κ3) is 4.93. The summed E-state index contributed by atoms with van der Waals surface area (Å²) in [5.41, 5.74) is 2.24. The van der Waals surface area contributed by atoms with Crippen molar-refractivity contribution in [3.63, 3.8) is 0 Å². The summed E-state index contributed by atoms with van der Waals surface area (Å²) >= 11 is 0. The van der Waals surface area contributed by atoms with Gasteiger partial charge in [-0.1, -0.05) is 18.2 Å². The lowest BCUT2D eigenvalue weighted by Gasteiger charge is -2.30. The molecule has 0 saturated carbocycles. The van der Waals surface area contributed by atoms with E-state index in [-0.39, 0.29) is 43.2 Å². The van der Waals surface area contributed by atoms with Gasteiger partial charge in [0.1, 0.15) is 5.75 Å². The van der Waals surface area contributed by atoms with Crippen molar-refractivity contribution in [3.8, 4) is 17.2 Å². The van der Waals surface area contributed by atoms with Crippen molar-refractivity contribution in [1.29, 1.82) is 0 Å². The fraction of sp³-hybridized carbons (Fsp3) is 0.444. The van der Waals surface area contributed by atoms with Crippen molar-refractivity contribution in [1.82, 2.24) is 4.90 Å². The second kappa shape index (κ2) is 10.7. The van der Waals surface area contributed by atoms with Crippen molar-refractivity contribution in [2.24, 2.45) is 0 Å². The van der Waals surface area contributed by atoms with Gasteiger partial charge in [-0.15, -0.1) is 0 Å². The van der Waals surface area contributed by atoms with Crippen LogP contribution in [-0.2, 0) is 36.7 Å². The van der Waals surface area contributed by atoms with E-state index in [1.165, 1.54) is 6.92 Å². The van der Waals surface area contributed by atoms with Gasteiger partial charge < -0.3 is 33.7 Å². The van der Waals surface area contributed by atoms with Gasteiger partial charge in [0.2, 0.25) is 5.91 Å². The van der Waals surface area contributed by atoms with Crippen LogP contribution in [0.3, 0.4) is 0 Å². The molecule has 2 aliphatic rings. The van der Waals surface area contributed by atoms with Crippen LogP contribution in [0.25, 0.3) is 0 Å². The van der Waals surface area contributed by atoms with E-state index in [1.807, 2.05) is 6.07 Å². The first-order valence-electron chi connectivity index (χ1n) is 12.2. The van der Waals surface area contributed by atoms with Crippen LogP contribution < -0.4 is 14.2 Å². The normalized spacial score (nSPS) is 17.5. The minimum Gasteiger partial charge on any atom is -0.497 e. The third-order valence-electron chi connectivity index (χ3n) is 6.50. The fourth-order valence-corrected chi connectivity index (χ4v) is 4.73. The van der Waals surface area contributed by atoms with Gasteiger partial charge in [0, 0.05) is 18.5 Å². The minimum atomic E-state index is -2.38. The Bertz CT molecular complexity index is 1180. The lowest BCUT2D eigenvalue weighted by molar-refractivity contribution is -0.202. The molecule has 0 aromatic heterocycles. The first-order valence-corrected chi connectivity index (χ1v) is 12.2. The first kappa shape index (κ1) is 26.3. The van der Waals surface area contributed by atoms with Crippen molar-refractivity contribution in [3.05, 3.63) is 53.1 Å². The maximum absolute atomic E-state index is 12.8. The number of nitrogens with zero attached hydrogens (tertiary/aromatic N) is 1. The number of ether oxygens (including phenoxy) is 5. The highest BCUT2D eigenvalue weighted by atomic mass is 16.8. The highest BCUT2D eigenvalue weighted by Crippen LogP contribution is 2.47. The van der Waals surface area contributed by atoms with E-state index in [4.69, 9.17) is 23.7 Å². The van der Waals surface area contributed by atoms with Crippen LogP contribution in [0.15, 0.2) is 36.4 Å². The van der Waals surface area contributed by atoms with Crippen molar-refractivity contribution in [2.45, 2.75) is 51.5 Å². The summed E-state index contributed by atoms with van der Waals surface area (Å²) in [6, 6.07) is 10.2. The predicted molar refractivity (Wildman–Crippen MR) is 130 cm³/mol. The maximum Gasteiger partial charge on any atom is 0.453 e. The molecule has 1 amide bonds. The second-order valence-corrected chi connectivity index (χ2v) is 8.82. The van der Waals surface area contributed by atoms with Crippen molar-refractivity contribution in [2.75, 3.05) is 26.9 Å². The zero-order valence-corrected chi connectivity index (χ0v) is 21.3. The van der Waals surface area contributed by atoms with E-state index in [0.717, 1.165) is 11.1 Å². The average Bonchev–Trinajstić information content (AvgIpc) is 3.49. The SMILES string of the molecule is CCOC(=O)C1(C(=O)OCC)Oc2ccc3c(c2O1)C[C@@H](N(C[C@H](O)c1cccc(OC)c1)C(C)=O)C3. The Balaban J connectivity index is 1.58. The Morgan fingerprint density at radius 2 is 1.78 bits per heavy atom. The van der Waals surface area contributed by atoms with E-state index in [1.54, 1.807) is 56.2 Å². The van der Waals surface area contributed by atoms with Gasteiger partial charge in [-0.25, -0.2) is 9.59 Å². The molecule has 0 spiro atoms. The highest BCUT2D eigenvalue weighted by molar-refractivity contribution is 6.03. The molecule has 0 radical (unpaired) electrons. The first-order chi connectivity index (χ1) is 17.7. The summed E-state index contributed by atoms with van der Waals surface area (Å²) in [6.07, 6.45) is -0.0378. The lowest BCUT2D eigenvalue weighted by Crippen LogP contribution is -2.56. The number of rotatable bonds is 9. The molecule has 2 aromatic rings. The molecule has 37 heavy (non-hydrogen) atoms. The smallest absolute Gasteiger partial charge is 0.453 e. The highest BCUT2D eigenvalue weighted by Gasteiger charge is 2.60. The molecule has 0 bridgehead atoms. The summed E-state index contributed by atoms with van der Waals surface area (Å²) in [6.45, 7) is 4.79. The van der Waals surface area contributed by atoms with Gasteiger partial charge in [0.05, 0.1) is 33.0 Å². The molecule has 1 aliphatic carbocycles. The van der Waals surface area contributed by atoms with E-state index < -0.39 is 23.8 Å². The van der Waals surface area contributed by atoms with Crippen LogP contribution in [0, 0.1) is 0 Å². The monoisotopic (exact) mass is 513 g/mol. The number of amides is 1. The molecule has 0 fully saturated rings. The van der Waals surface area contributed by atoms with E-state index in [2.05, 4.69) is 0 Å². The van der Waals surface area contributed by atoms with E-state index in [9.17, 15) is 19.5 Å². The van der Waals surface area contributed by atoms with Gasteiger partial charge in [-0.2, -0.15) is 0 Å². The van der Waals surface area contributed by atoms with Crippen LogP contribution in [0.2, 0.25) is 0 Å². The van der Waals surface area contributed by atoms with Gasteiger partial charge in [0.15, 0.2) is 11.5 Å². The number of methoxy groups -OCH3 is 1. The third-order valence-corrected chi connectivity index (χ3v) is 6.50. The Morgan fingerprint density at radius 3 is 2.41 bits per heavy atom. The molecular weight excluding hydrogens is 482 g/mol. The van der Waals surface area contributed by atoms with Crippen LogP contribution in [0.4, 0.5) is 0 Å². The van der Waals surface area contributed by atoms with Gasteiger partial charge >= 0.3 is 17.7 Å². The van der Waals surface area contributed by atoms with Crippen molar-refractivity contribution < 1.29 is 43.2 Å². The maximum atomic E-state index is 12.8. The molecular formula is C27H31NO9. The Morgan fingerprint density at radius 1 is 1.08 bits per heavy atom. The van der Waals surface area contributed by atoms with Gasteiger partial charge in [-0.05, 0) is 56.0 Å². The number of esters is 2. The van der Waals surface area contributed by atoms with E-state index >= 15 is 0 Å². The molecule has 10 nitrogen and oxygen atoms in total. The van der Waals surface area contributed by atoms with Gasteiger partial charge in [-0.3, -0.25) is 4.79 Å². The summed E-state index contributed by atoms with van der Waals surface area (Å²) in [7, 11) is 1.55. The molecule has 4 rings (SSSR count). The summed E-state index contributed by atoms with van der Waals surface area (Å²) in [4.78, 5) is 39.8. The molecule has 198 valence electrons. The van der Waals surface area contributed by atoms with E-state index in [0.29, 0.717) is 24.2 Å². The summed E-state index contributed by atoms with van der Waals surface area (Å²) in [5.74, 6) is -3.51. The largest absolute Gasteiger partial charge is 0.497 e. The van der Waals surface area contributed by atoms with Gasteiger partial charge in [0.25, 0.3) is 0 Å². The average molecular weight is 514 g/mol. The quantitative estimate of drug-likeness (QED) is 0.398. The predicted octanol–water partition coefficient (Wildman–Crippen LogP) is 2.34. The number of aliphatic hydroxyl groups is 1. The number of aliphatic hydroxyl groups excluding tert-OH is 1. The number of fused-ring (bicyclic) bond motifs is 3. The number of hydrogen-bond donors (Lipinski definition) is 1. The molecule has 2 atom stereocenters. The molecule has 1 heterocycles. The van der Waals surface area contributed by atoms with Crippen LogP contribution in [0.1, 0.15) is 43.6 Å². The number of carbonyl (C=O) groups is 3. The summed E-state index contributed by atoms with van der Waals surface area (Å²) in [5, 5.41) is 10.9. The van der Waals surface area contributed by atoms with Crippen LogP contribution >= 0.6 is 0 Å². The number of benzene rings is 2. The van der Waals surface area contributed by atoms with Crippen LogP contribution in [0.5, 0.6) is 17.2 Å². The molecule has 1 aliphatic heterocycles. The zero-order valence-electron chi connectivity index (χ0n) is 21.3. The summed E-state index contributed by atoms with van der Waals surface area (Å²) < 4.78 is 27.0. The standard InChI is InChI=1S/C27H31NO9/c1-5-34-25(31)27(26(32)35-6-2)36-23-11-10-17-12-19(14-21(17)24(23)37-27)28(16(3)29)15-22(30)18-8-7-9-20(13-18)33-4/h7-11,13,19,22,30H,5-6,12,14-15H2,1-4H3/t19-,22-/m0/s1. The fourth-order valence-electron chi connectivity index (χ4n) is 4.73. The molecule has 0 unspecified atom stereocenters.